The van der Waals surface area contributed by atoms with Crippen LogP contribution in [-0.4, -0.2) is 18.3 Å². The zero-order valence-electron chi connectivity index (χ0n) is 28.1. The third-order valence-corrected chi connectivity index (χ3v) is 8.71. The van der Waals surface area contributed by atoms with E-state index >= 15 is 0 Å². The van der Waals surface area contributed by atoms with Crippen molar-refractivity contribution in [3.8, 4) is 29.3 Å². The normalized spacial score (nSPS) is 14.2. The van der Waals surface area contributed by atoms with Gasteiger partial charge in [0.15, 0.2) is 17.5 Å². The molecule has 0 radical (unpaired) electrons. The lowest BCUT2D eigenvalue weighted by Crippen LogP contribution is -2.41. The number of alkyl halides is 6. The quantitative estimate of drug-likeness (QED) is 0.114. The van der Waals surface area contributed by atoms with E-state index in [1.165, 1.54) is 12.1 Å². The van der Waals surface area contributed by atoms with Crippen LogP contribution in [0.15, 0.2) is 65.1 Å². The average Bonchev–Trinajstić information content (AvgIpc) is 3.32. The van der Waals surface area contributed by atoms with Gasteiger partial charge < -0.3 is 9.31 Å². The van der Waals surface area contributed by atoms with Crippen LogP contribution in [0.25, 0.3) is 16.0 Å². The van der Waals surface area contributed by atoms with Crippen LogP contribution in [0.1, 0.15) is 55.5 Å². The zero-order valence-corrected chi connectivity index (χ0v) is 29.7. The Morgan fingerprint density at radius 2 is 1.15 bits per heavy atom. The molecule has 0 saturated carbocycles. The molecule has 0 amide bonds. The van der Waals surface area contributed by atoms with E-state index < -0.39 is 70.8 Å². The molecule has 1 fully saturated rings. The zero-order chi connectivity index (χ0) is 41.0. The van der Waals surface area contributed by atoms with E-state index in [0.717, 1.165) is 42.5 Å². The van der Waals surface area contributed by atoms with E-state index in [4.69, 9.17) is 31.7 Å². The lowest BCUT2D eigenvalue weighted by Gasteiger charge is -2.32. The molecule has 54 heavy (non-hydrogen) atoms. The van der Waals surface area contributed by atoms with Gasteiger partial charge in [0.2, 0.25) is 5.69 Å². The minimum atomic E-state index is -4.63. The van der Waals surface area contributed by atoms with E-state index in [1.807, 2.05) is 27.7 Å². The van der Waals surface area contributed by atoms with Crippen molar-refractivity contribution in [2.24, 2.45) is 0 Å². The first-order valence-corrected chi connectivity index (χ1v) is 15.7. The molecule has 278 valence electrons. The number of nitrogens with zero attached hydrogens (tertiary/aromatic N) is 4. The molecule has 1 saturated heterocycles. The maximum Gasteiger partial charge on any atom is 0.494 e. The van der Waals surface area contributed by atoms with Gasteiger partial charge in [0.1, 0.15) is 18.0 Å². The fourth-order valence-corrected chi connectivity index (χ4v) is 4.81. The van der Waals surface area contributed by atoms with Crippen LogP contribution in [0.2, 0.25) is 0 Å². The summed E-state index contributed by atoms with van der Waals surface area (Å²) in [4.78, 5) is 2.80. The Morgan fingerprint density at radius 1 is 0.667 bits per heavy atom. The molecule has 0 aliphatic carbocycles. The maximum absolute atomic E-state index is 13.4. The van der Waals surface area contributed by atoms with Crippen LogP contribution in [-0.2, 0) is 21.7 Å². The summed E-state index contributed by atoms with van der Waals surface area (Å²) in [6.07, 6.45) is -9.02. The van der Waals surface area contributed by atoms with Gasteiger partial charge in [-0.3, -0.25) is 0 Å². The van der Waals surface area contributed by atoms with E-state index in [0.29, 0.717) is 16.0 Å². The van der Waals surface area contributed by atoms with Crippen molar-refractivity contribution >= 4 is 34.2 Å². The predicted molar refractivity (Wildman–Crippen MR) is 178 cm³/mol. The van der Waals surface area contributed by atoms with Crippen molar-refractivity contribution < 1.29 is 53.2 Å². The molecular weight excluding hydrogens is 801 g/mol. The molecule has 18 heteroatoms. The Balaban J connectivity index is 0.000000225. The average molecular weight is 823 g/mol. The fourth-order valence-electron chi connectivity index (χ4n) is 4.47. The Hall–Kier alpha value is -5.40. The maximum atomic E-state index is 13.4. The molecule has 1 aliphatic heterocycles. The van der Waals surface area contributed by atoms with Crippen LogP contribution >= 0.6 is 15.9 Å². The van der Waals surface area contributed by atoms with Crippen molar-refractivity contribution in [3.63, 3.8) is 0 Å². The van der Waals surface area contributed by atoms with Gasteiger partial charge in [-0.1, -0.05) is 6.07 Å². The van der Waals surface area contributed by atoms with Gasteiger partial charge >= 0.3 is 19.5 Å². The highest BCUT2D eigenvalue weighted by Crippen LogP contribution is 2.38. The second-order valence-electron chi connectivity index (χ2n) is 12.1. The van der Waals surface area contributed by atoms with Gasteiger partial charge in [-0.2, -0.15) is 42.1 Å². The Labute approximate surface area is 310 Å². The summed E-state index contributed by atoms with van der Waals surface area (Å²) in [7, 11) is -0.813. The molecule has 4 aromatic rings. The highest BCUT2D eigenvalue weighted by atomic mass is 79.9. The second-order valence-corrected chi connectivity index (χ2v) is 13.0. The first kappa shape index (κ1) is 43.0. The first-order valence-electron chi connectivity index (χ1n) is 14.9. The summed E-state index contributed by atoms with van der Waals surface area (Å²) >= 11 is 2.97. The van der Waals surface area contributed by atoms with Gasteiger partial charge in [-0.15, -0.1) is 0 Å². The molecule has 0 spiro atoms. The van der Waals surface area contributed by atoms with Crippen molar-refractivity contribution in [1.82, 2.24) is 0 Å². The van der Waals surface area contributed by atoms with Crippen molar-refractivity contribution in [2.75, 3.05) is 0 Å². The lowest BCUT2D eigenvalue weighted by molar-refractivity contribution is -0.138. The highest BCUT2D eigenvalue weighted by molar-refractivity contribution is 9.10. The third kappa shape index (κ3) is 9.77. The number of benzene rings is 4. The molecule has 0 unspecified atom stereocenters. The lowest BCUT2D eigenvalue weighted by atomic mass is 9.78. The predicted octanol–water partition coefficient (Wildman–Crippen LogP) is 10.5. The summed E-state index contributed by atoms with van der Waals surface area (Å²) < 4.78 is 139. The van der Waals surface area contributed by atoms with Crippen molar-refractivity contribution in [1.29, 1.82) is 15.8 Å². The molecule has 0 bridgehead atoms. The van der Waals surface area contributed by atoms with Crippen LogP contribution in [0.3, 0.4) is 0 Å². The number of nitriles is 3. The summed E-state index contributed by atoms with van der Waals surface area (Å²) in [6, 6.07) is 14.1. The Morgan fingerprint density at radius 3 is 1.63 bits per heavy atom. The minimum absolute atomic E-state index is 0.0145. The number of hydrogen-bond donors (Lipinski definition) is 0. The monoisotopic (exact) mass is 822 g/mol. The molecule has 1 aliphatic rings. The number of hydrogen-bond acceptors (Lipinski definition) is 5. The van der Waals surface area contributed by atoms with E-state index in [1.54, 1.807) is 18.2 Å². The molecule has 0 atom stereocenters. The molecule has 5 rings (SSSR count). The van der Waals surface area contributed by atoms with Gasteiger partial charge in [0.05, 0.1) is 51.7 Å². The first-order chi connectivity index (χ1) is 24.9. The summed E-state index contributed by atoms with van der Waals surface area (Å²) in [6.45, 7) is 14.2. The summed E-state index contributed by atoms with van der Waals surface area (Å²) in [5.74, 6) is -4.89. The SMILES string of the molecule is CC1(C)OB(c2cc(F)c(F)c(C#N)c2)OC1(C)C.N#Cc1cc(C(F)(F)F)ccc1Br.[C-]#[N+]c1cc(-c2ccc(C(F)(F)F)cc2C#N)cc(F)c1F. The van der Waals surface area contributed by atoms with Crippen molar-refractivity contribution in [3.05, 3.63) is 128 Å². The van der Waals surface area contributed by atoms with Gasteiger partial charge in [-0.25, -0.2) is 22.4 Å². The van der Waals surface area contributed by atoms with Crippen LogP contribution in [0.4, 0.5) is 49.6 Å². The number of rotatable bonds is 2. The topological polar surface area (TPSA) is 94.2 Å². The van der Waals surface area contributed by atoms with E-state index in [9.17, 15) is 43.9 Å². The third-order valence-electron chi connectivity index (χ3n) is 8.02. The standard InChI is InChI=1S/C15H5F5N2.C13H14BF2NO2.C8H3BrF3N/c1-22-13-6-8(5-12(16)14(13)17)11-3-2-10(15(18,19)20)4-9(11)7-21;1-12(2)13(3,4)19-14(18-12)9-5-8(7-17)11(16)10(15)6-9;9-7-2-1-6(8(10,11)12)3-5(7)4-13/h2-6H;5-6H,1-4H3;1-3H. The molecule has 0 aromatic heterocycles. The van der Waals surface area contributed by atoms with E-state index in [2.05, 4.69) is 20.8 Å². The smallest absolute Gasteiger partial charge is 0.399 e. The van der Waals surface area contributed by atoms with Crippen molar-refractivity contribution in [2.45, 2.75) is 51.2 Å². The minimum Gasteiger partial charge on any atom is -0.399 e. The summed E-state index contributed by atoms with van der Waals surface area (Å²) in [5, 5.41) is 26.2. The van der Waals surface area contributed by atoms with Gasteiger partial charge in [-0.05, 0) is 115 Å². The number of halogens is 11. The van der Waals surface area contributed by atoms with E-state index in [-0.39, 0.29) is 27.8 Å². The van der Waals surface area contributed by atoms with Crippen LogP contribution in [0, 0.1) is 63.8 Å². The molecule has 6 nitrogen and oxygen atoms in total. The Bertz CT molecular complexity index is 2230. The molecule has 0 N–H and O–H groups in total. The molecule has 4 aromatic carbocycles. The largest absolute Gasteiger partial charge is 0.494 e. The molecular formula is C36H22BBrF10N4O2. The molecule has 1 heterocycles. The van der Waals surface area contributed by atoms with Gasteiger partial charge in [0.25, 0.3) is 0 Å². The van der Waals surface area contributed by atoms with Crippen LogP contribution < -0.4 is 5.46 Å². The summed E-state index contributed by atoms with van der Waals surface area (Å²) in [5.41, 5.74) is -4.09. The van der Waals surface area contributed by atoms with Gasteiger partial charge in [0, 0.05) is 4.47 Å². The van der Waals surface area contributed by atoms with Crippen LogP contribution in [0.5, 0.6) is 0 Å². The second kappa shape index (κ2) is 16.3. The Kier molecular flexibility index (Phi) is 13.0. The fraction of sp³-hybridized carbons (Fsp3) is 0.222. The highest BCUT2D eigenvalue weighted by Gasteiger charge is 2.52.